The zero-order valence-electron chi connectivity index (χ0n) is 10.8. The van der Waals surface area contributed by atoms with Gasteiger partial charge in [0.15, 0.2) is 5.43 Å². The number of benzene rings is 2. The summed E-state index contributed by atoms with van der Waals surface area (Å²) in [4.78, 5) is 12.1. The fourth-order valence-electron chi connectivity index (χ4n) is 2.06. The van der Waals surface area contributed by atoms with E-state index in [2.05, 4.69) is 0 Å². The lowest BCUT2D eigenvalue weighted by Crippen LogP contribution is -2.00. The summed E-state index contributed by atoms with van der Waals surface area (Å²) in [7, 11) is 0. The van der Waals surface area contributed by atoms with Crippen molar-refractivity contribution < 1.29 is 4.42 Å². The Morgan fingerprint density at radius 1 is 1.10 bits per heavy atom. The van der Waals surface area contributed by atoms with Gasteiger partial charge in [-0.05, 0) is 36.8 Å². The summed E-state index contributed by atoms with van der Waals surface area (Å²) < 4.78 is 5.76. The van der Waals surface area contributed by atoms with Crippen LogP contribution in [0.3, 0.4) is 0 Å². The lowest BCUT2D eigenvalue weighted by molar-refractivity contribution is 0.619. The van der Waals surface area contributed by atoms with Crippen molar-refractivity contribution in [1.82, 2.24) is 0 Å². The highest BCUT2D eigenvalue weighted by molar-refractivity contribution is 6.31. The molecule has 0 aliphatic rings. The third-order valence-corrected chi connectivity index (χ3v) is 3.49. The molecule has 0 aliphatic carbocycles. The van der Waals surface area contributed by atoms with Crippen LogP contribution in [0.15, 0.2) is 51.7 Å². The van der Waals surface area contributed by atoms with Crippen LogP contribution in [0.4, 0.5) is 5.69 Å². The molecule has 0 bridgehead atoms. The molecule has 4 heteroatoms. The number of rotatable bonds is 1. The summed E-state index contributed by atoms with van der Waals surface area (Å²) in [5, 5.41) is 0.985. The van der Waals surface area contributed by atoms with Crippen LogP contribution < -0.4 is 11.2 Å². The molecule has 2 aromatic carbocycles. The van der Waals surface area contributed by atoms with Gasteiger partial charge >= 0.3 is 0 Å². The summed E-state index contributed by atoms with van der Waals surface area (Å²) in [6.45, 7) is 1.93. The van der Waals surface area contributed by atoms with Crippen molar-refractivity contribution in [3.63, 3.8) is 0 Å². The Labute approximate surface area is 120 Å². The van der Waals surface area contributed by atoms with E-state index in [0.717, 1.165) is 11.1 Å². The van der Waals surface area contributed by atoms with Crippen LogP contribution in [0.2, 0.25) is 5.02 Å². The Balaban J connectivity index is 2.24. The van der Waals surface area contributed by atoms with Gasteiger partial charge in [0.25, 0.3) is 0 Å². The third-order valence-electron chi connectivity index (χ3n) is 3.25. The van der Waals surface area contributed by atoms with Crippen LogP contribution >= 0.6 is 11.6 Å². The molecule has 2 N–H and O–H groups in total. The molecule has 0 spiro atoms. The van der Waals surface area contributed by atoms with E-state index in [1.165, 1.54) is 6.07 Å². The van der Waals surface area contributed by atoms with Gasteiger partial charge in [-0.2, -0.15) is 0 Å². The molecular formula is C16H12ClNO2. The highest BCUT2D eigenvalue weighted by atomic mass is 35.5. The van der Waals surface area contributed by atoms with Gasteiger partial charge < -0.3 is 10.2 Å². The first-order valence-corrected chi connectivity index (χ1v) is 6.52. The van der Waals surface area contributed by atoms with Crippen molar-refractivity contribution in [3.8, 4) is 11.3 Å². The number of halogens is 1. The fraction of sp³-hybridized carbons (Fsp3) is 0.0625. The Morgan fingerprint density at radius 2 is 1.90 bits per heavy atom. The predicted molar refractivity (Wildman–Crippen MR) is 82.1 cm³/mol. The van der Waals surface area contributed by atoms with Gasteiger partial charge in [-0.3, -0.25) is 4.79 Å². The van der Waals surface area contributed by atoms with Crippen molar-refractivity contribution in [2.45, 2.75) is 6.92 Å². The van der Waals surface area contributed by atoms with E-state index in [1.54, 1.807) is 24.3 Å². The molecule has 0 saturated carbocycles. The van der Waals surface area contributed by atoms with E-state index in [9.17, 15) is 4.79 Å². The van der Waals surface area contributed by atoms with Gasteiger partial charge in [0, 0.05) is 22.3 Å². The predicted octanol–water partition coefficient (Wildman–Crippen LogP) is 4.00. The van der Waals surface area contributed by atoms with Crippen molar-refractivity contribution in [3.05, 3.63) is 63.3 Å². The molecule has 100 valence electrons. The summed E-state index contributed by atoms with van der Waals surface area (Å²) >= 11 is 5.89. The van der Waals surface area contributed by atoms with Crippen LogP contribution in [-0.2, 0) is 0 Å². The topological polar surface area (TPSA) is 56.2 Å². The Bertz CT molecular complexity index is 868. The lowest BCUT2D eigenvalue weighted by atomic mass is 10.1. The molecule has 0 amide bonds. The second-order valence-electron chi connectivity index (χ2n) is 4.69. The van der Waals surface area contributed by atoms with Gasteiger partial charge in [0.1, 0.15) is 11.3 Å². The Morgan fingerprint density at radius 3 is 2.65 bits per heavy atom. The van der Waals surface area contributed by atoms with E-state index < -0.39 is 0 Å². The van der Waals surface area contributed by atoms with Gasteiger partial charge in [-0.25, -0.2) is 0 Å². The molecule has 0 unspecified atom stereocenters. The fourth-order valence-corrected chi connectivity index (χ4v) is 2.24. The van der Waals surface area contributed by atoms with E-state index in [1.807, 2.05) is 19.1 Å². The summed E-state index contributed by atoms with van der Waals surface area (Å²) in [6.07, 6.45) is 0. The first-order chi connectivity index (χ1) is 9.54. The molecule has 1 heterocycles. The average molecular weight is 286 g/mol. The maximum Gasteiger partial charge on any atom is 0.193 e. The number of aryl methyl sites for hydroxylation is 1. The number of hydrogen-bond donors (Lipinski definition) is 1. The minimum Gasteiger partial charge on any atom is -0.456 e. The summed E-state index contributed by atoms with van der Waals surface area (Å²) in [5.74, 6) is 0.497. The maximum atomic E-state index is 12.1. The normalized spacial score (nSPS) is 10.9. The molecule has 0 aliphatic heterocycles. The number of fused-ring (bicyclic) bond motifs is 1. The Hall–Kier alpha value is -2.26. The lowest BCUT2D eigenvalue weighted by Gasteiger charge is -2.06. The number of hydrogen-bond acceptors (Lipinski definition) is 3. The molecule has 0 radical (unpaired) electrons. The van der Waals surface area contributed by atoms with Crippen molar-refractivity contribution in [2.75, 3.05) is 5.73 Å². The second-order valence-corrected chi connectivity index (χ2v) is 5.12. The molecule has 20 heavy (non-hydrogen) atoms. The zero-order chi connectivity index (χ0) is 14.3. The molecule has 0 saturated heterocycles. The Kier molecular flexibility index (Phi) is 2.99. The number of nitrogens with two attached hydrogens (primary N) is 1. The van der Waals surface area contributed by atoms with E-state index in [4.69, 9.17) is 21.8 Å². The number of anilines is 1. The van der Waals surface area contributed by atoms with E-state index in [-0.39, 0.29) is 5.43 Å². The third kappa shape index (κ3) is 2.17. The average Bonchev–Trinajstić information content (AvgIpc) is 2.42. The first-order valence-electron chi connectivity index (χ1n) is 6.14. The quantitative estimate of drug-likeness (QED) is 0.687. The van der Waals surface area contributed by atoms with E-state index >= 15 is 0 Å². The molecule has 3 aromatic rings. The van der Waals surface area contributed by atoms with Gasteiger partial charge in [0.05, 0.1) is 5.39 Å². The summed E-state index contributed by atoms with van der Waals surface area (Å²) in [6, 6.07) is 12.0. The van der Waals surface area contributed by atoms with Gasteiger partial charge in [0.2, 0.25) is 0 Å². The standard InChI is InChI=1S/C16H12ClNO2/c1-9-2-3-10(6-13(9)18)16-8-14(19)12-7-11(17)4-5-15(12)20-16/h2-8H,18H2,1H3. The van der Waals surface area contributed by atoms with Crippen LogP contribution in [0, 0.1) is 6.92 Å². The molecule has 0 atom stereocenters. The van der Waals surface area contributed by atoms with Crippen molar-refractivity contribution in [2.24, 2.45) is 0 Å². The monoisotopic (exact) mass is 285 g/mol. The van der Waals surface area contributed by atoms with Crippen molar-refractivity contribution in [1.29, 1.82) is 0 Å². The minimum absolute atomic E-state index is 0.122. The first kappa shape index (κ1) is 12.8. The van der Waals surface area contributed by atoms with Gasteiger partial charge in [-0.15, -0.1) is 0 Å². The van der Waals surface area contributed by atoms with Gasteiger partial charge in [-0.1, -0.05) is 23.7 Å². The minimum atomic E-state index is -0.122. The molecule has 1 aromatic heterocycles. The zero-order valence-corrected chi connectivity index (χ0v) is 11.6. The van der Waals surface area contributed by atoms with Crippen LogP contribution in [0.5, 0.6) is 0 Å². The molecule has 0 fully saturated rings. The molecule has 3 rings (SSSR count). The second kappa shape index (κ2) is 4.69. The maximum absolute atomic E-state index is 12.1. The largest absolute Gasteiger partial charge is 0.456 e. The van der Waals surface area contributed by atoms with E-state index in [0.29, 0.717) is 27.4 Å². The number of nitrogen functional groups attached to an aromatic ring is 1. The highest BCUT2D eigenvalue weighted by Gasteiger charge is 2.08. The molecule has 3 nitrogen and oxygen atoms in total. The van der Waals surface area contributed by atoms with Crippen molar-refractivity contribution >= 4 is 28.3 Å². The SMILES string of the molecule is Cc1ccc(-c2cc(=O)c3cc(Cl)ccc3o2)cc1N. The van der Waals surface area contributed by atoms with Crippen LogP contribution in [0.25, 0.3) is 22.3 Å². The van der Waals surface area contributed by atoms with Crippen LogP contribution in [0.1, 0.15) is 5.56 Å². The highest BCUT2D eigenvalue weighted by Crippen LogP contribution is 2.26. The van der Waals surface area contributed by atoms with Crippen LogP contribution in [-0.4, -0.2) is 0 Å². The summed E-state index contributed by atoms with van der Waals surface area (Å²) in [5.41, 5.74) is 8.72. The smallest absolute Gasteiger partial charge is 0.193 e. The molecular weight excluding hydrogens is 274 g/mol.